The first-order chi connectivity index (χ1) is 7.10. The summed E-state index contributed by atoms with van der Waals surface area (Å²) in [5, 5.41) is 0. The summed E-state index contributed by atoms with van der Waals surface area (Å²) in [6.45, 7) is 2.43. The summed E-state index contributed by atoms with van der Waals surface area (Å²) in [5.74, 6) is -7.37. The van der Waals surface area contributed by atoms with Crippen LogP contribution in [0.15, 0.2) is 0 Å². The molecule has 0 aromatic rings. The molecule has 0 saturated heterocycles. The molecule has 0 amide bonds. The Bertz CT molecular complexity index is 243. The van der Waals surface area contributed by atoms with E-state index in [4.69, 9.17) is 0 Å². The number of hydrogen-bond acceptors (Lipinski definition) is 2. The van der Waals surface area contributed by atoms with Crippen molar-refractivity contribution in [2.45, 2.75) is 38.7 Å². The number of alkyl halides is 6. The largest absolute Gasteiger partial charge is 0.424 e. The number of halogens is 6. The molecule has 8 heteroatoms. The first kappa shape index (κ1) is 15.0. The van der Waals surface area contributed by atoms with Crippen LogP contribution in [-0.4, -0.2) is 30.8 Å². The molecule has 16 heavy (non-hydrogen) atoms. The summed E-state index contributed by atoms with van der Waals surface area (Å²) in [6.07, 6.45) is -11.8. The molecule has 0 aromatic heterocycles. The lowest BCUT2D eigenvalue weighted by Gasteiger charge is -2.23. The number of ether oxygens (including phenoxy) is 1. The summed E-state index contributed by atoms with van der Waals surface area (Å²) in [5.41, 5.74) is 0. The van der Waals surface area contributed by atoms with Gasteiger partial charge >= 0.3 is 18.2 Å². The van der Waals surface area contributed by atoms with Crippen molar-refractivity contribution in [2.24, 2.45) is 5.92 Å². The highest BCUT2D eigenvalue weighted by atomic mass is 19.3. The molecule has 0 aliphatic carbocycles. The molecular weight excluding hydrogens is 242 g/mol. The van der Waals surface area contributed by atoms with E-state index in [2.05, 4.69) is 4.74 Å². The van der Waals surface area contributed by atoms with E-state index in [1.165, 1.54) is 13.8 Å². The van der Waals surface area contributed by atoms with Gasteiger partial charge in [-0.05, 0) is 0 Å². The third-order valence-electron chi connectivity index (χ3n) is 1.58. The van der Waals surface area contributed by atoms with E-state index in [9.17, 15) is 31.1 Å². The van der Waals surface area contributed by atoms with E-state index >= 15 is 0 Å². The first-order valence-electron chi connectivity index (χ1n) is 4.25. The van der Waals surface area contributed by atoms with Crippen LogP contribution < -0.4 is 0 Å². The van der Waals surface area contributed by atoms with Crippen molar-refractivity contribution < 1.29 is 35.9 Å². The standard InChI is InChI=1S/C8H10F6O2/c1-3(2)6(15)16-7(12)8(13,14)4(9)5(10)11/h3-5,7H,1-2H3. The van der Waals surface area contributed by atoms with Gasteiger partial charge < -0.3 is 4.74 Å². The van der Waals surface area contributed by atoms with Crippen LogP contribution in [0, 0.1) is 5.92 Å². The summed E-state index contributed by atoms with van der Waals surface area (Å²) >= 11 is 0. The van der Waals surface area contributed by atoms with Gasteiger partial charge in [0.1, 0.15) is 0 Å². The zero-order chi connectivity index (χ0) is 13.1. The van der Waals surface area contributed by atoms with Crippen LogP contribution in [0.4, 0.5) is 26.3 Å². The monoisotopic (exact) mass is 252 g/mol. The Morgan fingerprint density at radius 3 is 1.88 bits per heavy atom. The molecule has 0 N–H and O–H groups in total. The van der Waals surface area contributed by atoms with Crippen LogP contribution in [0.1, 0.15) is 13.8 Å². The summed E-state index contributed by atoms with van der Waals surface area (Å²) in [4.78, 5) is 10.7. The van der Waals surface area contributed by atoms with Gasteiger partial charge in [-0.25, -0.2) is 13.2 Å². The van der Waals surface area contributed by atoms with E-state index < -0.39 is 36.8 Å². The molecule has 0 radical (unpaired) electrons. The molecule has 0 aliphatic rings. The van der Waals surface area contributed by atoms with Gasteiger partial charge in [0.2, 0.25) is 6.17 Å². The van der Waals surface area contributed by atoms with E-state index in [1.807, 2.05) is 0 Å². The Morgan fingerprint density at radius 1 is 1.12 bits per heavy atom. The Kier molecular flexibility index (Phi) is 5.08. The minimum Gasteiger partial charge on any atom is -0.424 e. The second-order valence-electron chi connectivity index (χ2n) is 3.32. The molecule has 0 heterocycles. The highest BCUT2D eigenvalue weighted by Gasteiger charge is 2.55. The summed E-state index contributed by atoms with van der Waals surface area (Å²) < 4.78 is 76.8. The second kappa shape index (κ2) is 5.40. The van der Waals surface area contributed by atoms with Crippen molar-refractivity contribution in [3.05, 3.63) is 0 Å². The van der Waals surface area contributed by atoms with Gasteiger partial charge in [-0.2, -0.15) is 13.2 Å². The first-order valence-corrected chi connectivity index (χ1v) is 4.25. The third kappa shape index (κ3) is 3.57. The molecule has 0 saturated carbocycles. The van der Waals surface area contributed by atoms with E-state index in [0.29, 0.717) is 0 Å². The number of rotatable bonds is 5. The van der Waals surface area contributed by atoms with Crippen molar-refractivity contribution in [3.8, 4) is 0 Å². The van der Waals surface area contributed by atoms with Gasteiger partial charge in [0.25, 0.3) is 6.43 Å². The topological polar surface area (TPSA) is 26.3 Å². The average Bonchev–Trinajstić information content (AvgIpc) is 2.15. The van der Waals surface area contributed by atoms with Gasteiger partial charge in [-0.1, -0.05) is 13.8 Å². The van der Waals surface area contributed by atoms with Crippen LogP contribution in [-0.2, 0) is 9.53 Å². The minimum atomic E-state index is -5.07. The maximum atomic E-state index is 12.6. The number of esters is 1. The average molecular weight is 252 g/mol. The van der Waals surface area contributed by atoms with Crippen LogP contribution in [0.25, 0.3) is 0 Å². The molecule has 2 nitrogen and oxygen atoms in total. The Balaban J connectivity index is 4.58. The zero-order valence-corrected chi connectivity index (χ0v) is 8.39. The van der Waals surface area contributed by atoms with Crippen LogP contribution in [0.5, 0.6) is 0 Å². The van der Waals surface area contributed by atoms with Gasteiger partial charge in [0.05, 0.1) is 5.92 Å². The zero-order valence-electron chi connectivity index (χ0n) is 8.39. The highest BCUT2D eigenvalue weighted by Crippen LogP contribution is 2.32. The fourth-order valence-corrected chi connectivity index (χ4v) is 0.610. The van der Waals surface area contributed by atoms with Crippen LogP contribution in [0.3, 0.4) is 0 Å². The SMILES string of the molecule is CC(C)C(=O)OC(F)C(F)(F)C(F)C(F)F. The van der Waals surface area contributed by atoms with Gasteiger partial charge in [-0.15, -0.1) is 0 Å². The molecule has 2 unspecified atom stereocenters. The maximum Gasteiger partial charge on any atom is 0.349 e. The van der Waals surface area contributed by atoms with Crippen molar-refractivity contribution in [1.29, 1.82) is 0 Å². The lowest BCUT2D eigenvalue weighted by Crippen LogP contribution is -2.46. The van der Waals surface area contributed by atoms with Gasteiger partial charge in [0.15, 0.2) is 0 Å². The predicted molar refractivity (Wildman–Crippen MR) is 41.7 cm³/mol. The molecule has 0 spiro atoms. The van der Waals surface area contributed by atoms with Crippen molar-refractivity contribution in [1.82, 2.24) is 0 Å². The fraction of sp³-hybridized carbons (Fsp3) is 0.875. The molecule has 96 valence electrons. The van der Waals surface area contributed by atoms with Crippen molar-refractivity contribution in [2.75, 3.05) is 0 Å². The predicted octanol–water partition coefficient (Wildman–Crippen LogP) is 2.72. The molecule has 0 rings (SSSR count). The fourth-order valence-electron chi connectivity index (χ4n) is 0.610. The second-order valence-corrected chi connectivity index (χ2v) is 3.32. The lowest BCUT2D eigenvalue weighted by molar-refractivity contribution is -0.240. The molecular formula is C8H10F6O2. The van der Waals surface area contributed by atoms with Crippen molar-refractivity contribution in [3.63, 3.8) is 0 Å². The van der Waals surface area contributed by atoms with Gasteiger partial charge in [0, 0.05) is 0 Å². The number of carbonyl (C=O) groups is 1. The molecule has 0 aromatic carbocycles. The smallest absolute Gasteiger partial charge is 0.349 e. The van der Waals surface area contributed by atoms with E-state index in [0.717, 1.165) is 0 Å². The Labute approximate surface area is 87.6 Å². The molecule has 2 atom stereocenters. The summed E-state index contributed by atoms with van der Waals surface area (Å²) in [7, 11) is 0. The molecule has 0 aliphatic heterocycles. The maximum absolute atomic E-state index is 12.6. The van der Waals surface area contributed by atoms with Crippen LogP contribution >= 0.6 is 0 Å². The lowest BCUT2D eigenvalue weighted by atomic mass is 10.2. The van der Waals surface area contributed by atoms with Gasteiger partial charge in [-0.3, -0.25) is 4.79 Å². The Morgan fingerprint density at radius 2 is 1.56 bits per heavy atom. The van der Waals surface area contributed by atoms with E-state index in [-0.39, 0.29) is 0 Å². The number of carbonyl (C=O) groups excluding carboxylic acids is 1. The molecule has 0 fully saturated rings. The quantitative estimate of drug-likeness (QED) is 0.555. The minimum absolute atomic E-state index is 0.932. The third-order valence-corrected chi connectivity index (χ3v) is 1.58. The van der Waals surface area contributed by atoms with Crippen LogP contribution in [0.2, 0.25) is 0 Å². The number of hydrogen-bond donors (Lipinski definition) is 0. The molecule has 0 bridgehead atoms. The Hall–Kier alpha value is -0.950. The summed E-state index contributed by atoms with van der Waals surface area (Å²) in [6, 6.07) is 0. The normalized spacial score (nSPS) is 16.4. The highest BCUT2D eigenvalue weighted by molar-refractivity contribution is 5.71. The van der Waals surface area contributed by atoms with Crippen molar-refractivity contribution >= 4 is 5.97 Å². The van der Waals surface area contributed by atoms with E-state index in [1.54, 1.807) is 0 Å².